The Morgan fingerprint density at radius 3 is 2.72 bits per heavy atom. The lowest BCUT2D eigenvalue weighted by Crippen LogP contribution is -2.06. The average Bonchev–Trinajstić information content (AvgIpc) is 2.38. The number of rotatable bonds is 4. The molecule has 1 heterocycles. The molecule has 1 aromatic carbocycles. The minimum absolute atomic E-state index is 0.682. The van der Waals surface area contributed by atoms with Gasteiger partial charge in [-0.1, -0.05) is 23.7 Å². The lowest BCUT2D eigenvalue weighted by molar-refractivity contribution is 1.06. The summed E-state index contributed by atoms with van der Waals surface area (Å²) in [5.74, 6) is 1.66. The van der Waals surface area contributed by atoms with Gasteiger partial charge in [-0.15, -0.1) is 0 Å². The zero-order valence-electron chi connectivity index (χ0n) is 10.4. The Hall–Kier alpha value is -1.81. The minimum Gasteiger partial charge on any atom is -0.373 e. The Bertz CT molecular complexity index is 542. The van der Waals surface area contributed by atoms with Gasteiger partial charge in [-0.25, -0.2) is 9.97 Å². The largest absolute Gasteiger partial charge is 0.373 e. The van der Waals surface area contributed by atoms with E-state index in [9.17, 15) is 0 Å². The van der Waals surface area contributed by atoms with Crippen LogP contribution in [0, 0.1) is 6.92 Å². The van der Waals surface area contributed by atoms with E-state index in [4.69, 9.17) is 11.6 Å². The third kappa shape index (κ3) is 2.90. The third-order valence-corrected chi connectivity index (χ3v) is 2.90. The highest BCUT2D eigenvalue weighted by Gasteiger charge is 2.05. The molecule has 0 aliphatic rings. The van der Waals surface area contributed by atoms with Gasteiger partial charge in [0, 0.05) is 24.2 Å². The van der Waals surface area contributed by atoms with Crippen molar-refractivity contribution in [2.45, 2.75) is 13.5 Å². The van der Waals surface area contributed by atoms with Crippen molar-refractivity contribution in [1.29, 1.82) is 0 Å². The molecule has 0 bridgehead atoms. The van der Waals surface area contributed by atoms with Gasteiger partial charge in [-0.2, -0.15) is 0 Å². The zero-order chi connectivity index (χ0) is 13.0. The first-order chi connectivity index (χ1) is 8.70. The highest BCUT2D eigenvalue weighted by molar-refractivity contribution is 6.30. The van der Waals surface area contributed by atoms with Crippen LogP contribution in [0.5, 0.6) is 0 Å². The van der Waals surface area contributed by atoms with Gasteiger partial charge in [0.05, 0.1) is 0 Å². The van der Waals surface area contributed by atoms with E-state index < -0.39 is 0 Å². The maximum absolute atomic E-state index is 5.94. The van der Waals surface area contributed by atoms with Crippen LogP contribution in [0.15, 0.2) is 30.6 Å². The van der Waals surface area contributed by atoms with Crippen molar-refractivity contribution < 1.29 is 0 Å². The Morgan fingerprint density at radius 2 is 2.00 bits per heavy atom. The summed E-state index contributed by atoms with van der Waals surface area (Å²) in [6.45, 7) is 2.66. The third-order valence-electron chi connectivity index (χ3n) is 2.67. The molecule has 0 radical (unpaired) electrons. The summed E-state index contributed by atoms with van der Waals surface area (Å²) in [4.78, 5) is 8.37. The molecular formula is C13H15ClN4. The molecule has 5 heteroatoms. The molecule has 0 fully saturated rings. The molecule has 0 aliphatic carbocycles. The van der Waals surface area contributed by atoms with Crippen LogP contribution < -0.4 is 10.6 Å². The van der Waals surface area contributed by atoms with E-state index in [-0.39, 0.29) is 0 Å². The van der Waals surface area contributed by atoms with Crippen LogP contribution in [0.2, 0.25) is 5.02 Å². The highest BCUT2D eigenvalue weighted by atomic mass is 35.5. The van der Waals surface area contributed by atoms with Crippen molar-refractivity contribution in [2.24, 2.45) is 0 Å². The van der Waals surface area contributed by atoms with Gasteiger partial charge < -0.3 is 10.6 Å². The second kappa shape index (κ2) is 5.69. The van der Waals surface area contributed by atoms with Gasteiger partial charge in [-0.05, 0) is 24.6 Å². The fourth-order valence-corrected chi connectivity index (χ4v) is 1.93. The summed E-state index contributed by atoms with van der Waals surface area (Å²) < 4.78 is 0. The van der Waals surface area contributed by atoms with Crippen molar-refractivity contribution in [1.82, 2.24) is 9.97 Å². The van der Waals surface area contributed by atoms with Crippen molar-refractivity contribution in [3.05, 3.63) is 46.7 Å². The van der Waals surface area contributed by atoms with Crippen LogP contribution in [0.1, 0.15) is 11.1 Å². The topological polar surface area (TPSA) is 49.8 Å². The Kier molecular flexibility index (Phi) is 3.99. The monoisotopic (exact) mass is 262 g/mol. The number of anilines is 2. The number of nitrogens with one attached hydrogen (secondary N) is 2. The summed E-state index contributed by atoms with van der Waals surface area (Å²) in [6, 6.07) is 7.75. The first-order valence-electron chi connectivity index (χ1n) is 5.68. The van der Waals surface area contributed by atoms with Crippen LogP contribution in [-0.2, 0) is 6.54 Å². The lowest BCUT2D eigenvalue weighted by atomic mass is 10.2. The summed E-state index contributed by atoms with van der Waals surface area (Å²) >= 11 is 5.94. The summed E-state index contributed by atoms with van der Waals surface area (Å²) in [7, 11) is 1.84. The fraction of sp³-hybridized carbons (Fsp3) is 0.231. The molecule has 0 atom stereocenters. The Morgan fingerprint density at radius 1 is 1.22 bits per heavy atom. The van der Waals surface area contributed by atoms with Gasteiger partial charge >= 0.3 is 0 Å². The number of aromatic nitrogens is 2. The summed E-state index contributed by atoms with van der Waals surface area (Å²) in [5, 5.41) is 7.05. The van der Waals surface area contributed by atoms with Crippen LogP contribution >= 0.6 is 11.6 Å². The quantitative estimate of drug-likeness (QED) is 0.889. The van der Waals surface area contributed by atoms with Gasteiger partial charge in [0.15, 0.2) is 0 Å². The van der Waals surface area contributed by atoms with Crippen LogP contribution in [0.25, 0.3) is 0 Å². The fourth-order valence-electron chi connectivity index (χ4n) is 1.71. The first kappa shape index (κ1) is 12.6. The molecule has 18 heavy (non-hydrogen) atoms. The molecule has 0 saturated heterocycles. The van der Waals surface area contributed by atoms with Gasteiger partial charge in [0.2, 0.25) is 0 Å². The summed E-state index contributed by atoms with van der Waals surface area (Å²) in [6.07, 6.45) is 1.54. The molecule has 1 aromatic heterocycles. The molecule has 2 rings (SSSR count). The minimum atomic E-state index is 0.682. The van der Waals surface area contributed by atoms with E-state index in [2.05, 4.69) is 20.6 Å². The van der Waals surface area contributed by atoms with E-state index >= 15 is 0 Å². The summed E-state index contributed by atoms with van der Waals surface area (Å²) in [5.41, 5.74) is 2.12. The molecule has 4 nitrogen and oxygen atoms in total. The smallest absolute Gasteiger partial charge is 0.134 e. The normalized spacial score (nSPS) is 10.2. The molecular weight excluding hydrogens is 248 g/mol. The molecule has 0 amide bonds. The van der Waals surface area contributed by atoms with Crippen LogP contribution in [0.4, 0.5) is 11.6 Å². The van der Waals surface area contributed by atoms with Gasteiger partial charge in [-0.3, -0.25) is 0 Å². The molecule has 2 aromatic rings. The predicted molar refractivity (Wildman–Crippen MR) is 75.1 cm³/mol. The molecule has 2 N–H and O–H groups in total. The van der Waals surface area contributed by atoms with Crippen LogP contribution in [0.3, 0.4) is 0 Å². The highest BCUT2D eigenvalue weighted by Crippen LogP contribution is 2.18. The van der Waals surface area contributed by atoms with Gasteiger partial charge in [0.1, 0.15) is 18.0 Å². The number of halogens is 1. The van der Waals surface area contributed by atoms with E-state index in [1.54, 1.807) is 6.33 Å². The van der Waals surface area contributed by atoms with Crippen molar-refractivity contribution >= 4 is 23.2 Å². The van der Waals surface area contributed by atoms with Crippen molar-refractivity contribution in [2.75, 3.05) is 17.7 Å². The number of nitrogens with zero attached hydrogens (tertiary/aromatic N) is 2. The zero-order valence-corrected chi connectivity index (χ0v) is 11.1. The average molecular weight is 263 g/mol. The molecule has 0 aliphatic heterocycles. The molecule has 0 spiro atoms. The Labute approximate surface area is 111 Å². The predicted octanol–water partition coefficient (Wildman–Crippen LogP) is 3.09. The number of hydrogen-bond acceptors (Lipinski definition) is 4. The molecule has 0 unspecified atom stereocenters. The first-order valence-corrected chi connectivity index (χ1v) is 6.06. The van der Waals surface area contributed by atoms with E-state index in [1.807, 2.05) is 38.2 Å². The second-order valence-electron chi connectivity index (χ2n) is 3.93. The number of benzene rings is 1. The van der Waals surface area contributed by atoms with Gasteiger partial charge in [0.25, 0.3) is 0 Å². The van der Waals surface area contributed by atoms with E-state index in [0.717, 1.165) is 27.8 Å². The standard InChI is InChI=1S/C13H15ClN4/c1-9-12(15-2)17-8-18-13(9)16-7-10-4-3-5-11(14)6-10/h3-6,8H,7H2,1-2H3,(H2,15,16,17,18). The number of hydrogen-bond donors (Lipinski definition) is 2. The SMILES string of the molecule is CNc1ncnc(NCc2cccc(Cl)c2)c1C. The van der Waals surface area contributed by atoms with E-state index in [0.29, 0.717) is 6.54 Å². The van der Waals surface area contributed by atoms with Crippen LogP contribution in [-0.4, -0.2) is 17.0 Å². The molecule has 94 valence electrons. The maximum Gasteiger partial charge on any atom is 0.134 e. The Balaban J connectivity index is 2.11. The molecule has 0 saturated carbocycles. The van der Waals surface area contributed by atoms with Crippen molar-refractivity contribution in [3.8, 4) is 0 Å². The maximum atomic E-state index is 5.94. The second-order valence-corrected chi connectivity index (χ2v) is 4.37. The van der Waals surface area contributed by atoms with E-state index in [1.165, 1.54) is 0 Å². The lowest BCUT2D eigenvalue weighted by Gasteiger charge is -2.11. The van der Waals surface area contributed by atoms with Crippen molar-refractivity contribution in [3.63, 3.8) is 0 Å².